The van der Waals surface area contributed by atoms with E-state index >= 15 is 0 Å². The molecule has 1 amide bonds. The maximum Gasteiger partial charge on any atom is 0.261 e. The zero-order valence-corrected chi connectivity index (χ0v) is 13.8. The predicted molar refractivity (Wildman–Crippen MR) is 87.1 cm³/mol. The fourth-order valence-corrected chi connectivity index (χ4v) is 4.48. The zero-order valence-electron chi connectivity index (χ0n) is 12.2. The maximum absolute atomic E-state index is 12.4. The SMILES string of the molecule is CCNCCNC(=O)c1ccc(S(=O)(=O)c2ccccc2)s1. The first-order valence-corrected chi connectivity index (χ1v) is 9.24. The summed E-state index contributed by atoms with van der Waals surface area (Å²) < 4.78 is 25.1. The lowest BCUT2D eigenvalue weighted by molar-refractivity contribution is 0.0958. The molecule has 0 aliphatic heterocycles. The van der Waals surface area contributed by atoms with Crippen LogP contribution in [0.2, 0.25) is 0 Å². The molecule has 0 aliphatic carbocycles. The molecule has 22 heavy (non-hydrogen) atoms. The molecule has 1 aromatic carbocycles. The van der Waals surface area contributed by atoms with E-state index in [4.69, 9.17) is 0 Å². The van der Waals surface area contributed by atoms with Crippen LogP contribution in [-0.4, -0.2) is 34.0 Å². The topological polar surface area (TPSA) is 75.3 Å². The number of hydrogen-bond acceptors (Lipinski definition) is 5. The number of nitrogens with one attached hydrogen (secondary N) is 2. The predicted octanol–water partition coefficient (Wildman–Crippen LogP) is 1.92. The second-order valence-electron chi connectivity index (χ2n) is 4.54. The second-order valence-corrected chi connectivity index (χ2v) is 7.80. The van der Waals surface area contributed by atoms with Gasteiger partial charge >= 0.3 is 0 Å². The number of thiophene rings is 1. The van der Waals surface area contributed by atoms with E-state index in [1.807, 2.05) is 6.92 Å². The third-order valence-corrected chi connectivity index (χ3v) is 6.31. The van der Waals surface area contributed by atoms with Crippen molar-refractivity contribution in [3.8, 4) is 0 Å². The monoisotopic (exact) mass is 338 g/mol. The van der Waals surface area contributed by atoms with Crippen molar-refractivity contribution in [2.24, 2.45) is 0 Å². The van der Waals surface area contributed by atoms with Gasteiger partial charge in [0.05, 0.1) is 9.77 Å². The van der Waals surface area contributed by atoms with Gasteiger partial charge in [-0.3, -0.25) is 4.79 Å². The molecule has 1 aromatic heterocycles. The van der Waals surface area contributed by atoms with Gasteiger partial charge in [0.25, 0.3) is 5.91 Å². The van der Waals surface area contributed by atoms with E-state index in [-0.39, 0.29) is 15.0 Å². The number of hydrogen-bond donors (Lipinski definition) is 2. The van der Waals surface area contributed by atoms with Crippen molar-refractivity contribution in [1.82, 2.24) is 10.6 Å². The Bertz CT molecular complexity index is 724. The molecular weight excluding hydrogens is 320 g/mol. The lowest BCUT2D eigenvalue weighted by atomic mass is 10.4. The molecule has 7 heteroatoms. The Morgan fingerprint density at radius 3 is 2.50 bits per heavy atom. The molecule has 1 heterocycles. The lowest BCUT2D eigenvalue weighted by Crippen LogP contribution is -2.31. The van der Waals surface area contributed by atoms with Gasteiger partial charge in [-0.2, -0.15) is 0 Å². The largest absolute Gasteiger partial charge is 0.350 e. The average Bonchev–Trinajstić information content (AvgIpc) is 3.03. The molecule has 2 N–H and O–H groups in total. The Morgan fingerprint density at radius 2 is 1.82 bits per heavy atom. The van der Waals surface area contributed by atoms with Crippen molar-refractivity contribution >= 4 is 27.1 Å². The second kappa shape index (κ2) is 7.53. The summed E-state index contributed by atoms with van der Waals surface area (Å²) in [5.74, 6) is -0.252. The number of amides is 1. The number of benzene rings is 1. The minimum atomic E-state index is -3.55. The highest BCUT2D eigenvalue weighted by atomic mass is 32.2. The van der Waals surface area contributed by atoms with E-state index in [1.165, 1.54) is 6.07 Å². The van der Waals surface area contributed by atoms with Gasteiger partial charge in [0, 0.05) is 13.1 Å². The molecular formula is C15H18N2O3S2. The Balaban J connectivity index is 2.10. The molecule has 2 rings (SSSR count). The van der Waals surface area contributed by atoms with E-state index in [2.05, 4.69) is 10.6 Å². The van der Waals surface area contributed by atoms with Crippen molar-refractivity contribution in [3.05, 3.63) is 47.3 Å². The first-order chi connectivity index (χ1) is 10.6. The quantitative estimate of drug-likeness (QED) is 0.756. The number of likely N-dealkylation sites (N-methyl/N-ethyl adjacent to an activating group) is 1. The van der Waals surface area contributed by atoms with Crippen LogP contribution in [-0.2, 0) is 9.84 Å². The Kier molecular flexibility index (Phi) is 5.70. The third kappa shape index (κ3) is 3.94. The molecule has 0 aliphatic rings. The number of carbonyl (C=O) groups excluding carboxylic acids is 1. The van der Waals surface area contributed by atoms with Gasteiger partial charge in [0.2, 0.25) is 9.84 Å². The van der Waals surface area contributed by atoms with Crippen molar-refractivity contribution < 1.29 is 13.2 Å². The first-order valence-electron chi connectivity index (χ1n) is 6.94. The summed E-state index contributed by atoms with van der Waals surface area (Å²) in [6.07, 6.45) is 0. The third-order valence-electron chi connectivity index (χ3n) is 2.96. The van der Waals surface area contributed by atoms with Gasteiger partial charge in [-0.1, -0.05) is 25.1 Å². The van der Waals surface area contributed by atoms with Gasteiger partial charge in [-0.25, -0.2) is 8.42 Å². The summed E-state index contributed by atoms with van der Waals surface area (Å²) in [6, 6.07) is 11.2. The van der Waals surface area contributed by atoms with E-state index in [0.717, 1.165) is 17.9 Å². The Labute approximate surface area is 134 Å². The van der Waals surface area contributed by atoms with Crippen molar-refractivity contribution in [2.45, 2.75) is 16.0 Å². The fourth-order valence-electron chi connectivity index (χ4n) is 1.83. The Morgan fingerprint density at radius 1 is 1.09 bits per heavy atom. The van der Waals surface area contributed by atoms with E-state index in [1.54, 1.807) is 36.4 Å². The number of sulfone groups is 1. The van der Waals surface area contributed by atoms with Crippen LogP contribution < -0.4 is 10.6 Å². The minimum absolute atomic E-state index is 0.176. The summed E-state index contributed by atoms with van der Waals surface area (Å²) in [6.45, 7) is 4.02. The molecule has 0 unspecified atom stereocenters. The number of carbonyl (C=O) groups is 1. The summed E-state index contributed by atoms with van der Waals surface area (Å²) in [5, 5.41) is 5.85. The average molecular weight is 338 g/mol. The van der Waals surface area contributed by atoms with Crippen LogP contribution >= 0.6 is 11.3 Å². The minimum Gasteiger partial charge on any atom is -0.350 e. The van der Waals surface area contributed by atoms with Crippen LogP contribution in [0.25, 0.3) is 0 Å². The molecule has 2 aromatic rings. The van der Waals surface area contributed by atoms with E-state index in [0.29, 0.717) is 18.0 Å². The van der Waals surface area contributed by atoms with Crippen LogP contribution in [0.15, 0.2) is 51.6 Å². The summed E-state index contributed by atoms with van der Waals surface area (Å²) in [7, 11) is -3.55. The standard InChI is InChI=1S/C15H18N2O3S2/c1-2-16-10-11-17-15(18)13-8-9-14(21-13)22(19,20)12-6-4-3-5-7-12/h3-9,16H,2,10-11H2,1H3,(H,17,18). The summed E-state index contributed by atoms with van der Waals surface area (Å²) in [4.78, 5) is 12.6. The molecule has 0 atom stereocenters. The highest BCUT2D eigenvalue weighted by molar-refractivity contribution is 7.93. The summed E-state index contributed by atoms with van der Waals surface area (Å²) in [5.41, 5.74) is 0. The van der Waals surface area contributed by atoms with Crippen LogP contribution in [0.4, 0.5) is 0 Å². The molecule has 0 radical (unpaired) electrons. The van der Waals surface area contributed by atoms with Gasteiger partial charge < -0.3 is 10.6 Å². The van der Waals surface area contributed by atoms with E-state index in [9.17, 15) is 13.2 Å². The van der Waals surface area contributed by atoms with Crippen LogP contribution in [0.3, 0.4) is 0 Å². The normalized spacial score (nSPS) is 11.3. The van der Waals surface area contributed by atoms with Crippen LogP contribution in [0, 0.1) is 0 Å². The van der Waals surface area contributed by atoms with Gasteiger partial charge in [0.15, 0.2) is 0 Å². The smallest absolute Gasteiger partial charge is 0.261 e. The van der Waals surface area contributed by atoms with E-state index < -0.39 is 9.84 Å². The van der Waals surface area contributed by atoms with Gasteiger partial charge in [-0.05, 0) is 30.8 Å². The molecule has 0 saturated carbocycles. The molecule has 5 nitrogen and oxygen atoms in total. The summed E-state index contributed by atoms with van der Waals surface area (Å²) >= 11 is 0.986. The van der Waals surface area contributed by atoms with Crippen LogP contribution in [0.5, 0.6) is 0 Å². The van der Waals surface area contributed by atoms with Crippen molar-refractivity contribution in [3.63, 3.8) is 0 Å². The van der Waals surface area contributed by atoms with Crippen molar-refractivity contribution in [2.75, 3.05) is 19.6 Å². The highest BCUT2D eigenvalue weighted by Crippen LogP contribution is 2.27. The Hall–Kier alpha value is -1.70. The van der Waals surface area contributed by atoms with Crippen molar-refractivity contribution in [1.29, 1.82) is 0 Å². The van der Waals surface area contributed by atoms with Gasteiger partial charge in [0.1, 0.15) is 4.21 Å². The molecule has 118 valence electrons. The highest BCUT2D eigenvalue weighted by Gasteiger charge is 2.21. The fraction of sp³-hybridized carbons (Fsp3) is 0.267. The van der Waals surface area contributed by atoms with Crippen LogP contribution in [0.1, 0.15) is 16.6 Å². The molecule has 0 bridgehead atoms. The molecule has 0 saturated heterocycles. The zero-order chi connectivity index (χ0) is 16.0. The first kappa shape index (κ1) is 16.7. The molecule has 0 spiro atoms. The van der Waals surface area contributed by atoms with Gasteiger partial charge in [-0.15, -0.1) is 11.3 Å². The number of rotatable bonds is 7. The molecule has 0 fully saturated rings. The lowest BCUT2D eigenvalue weighted by Gasteiger charge is -2.03. The maximum atomic E-state index is 12.4.